The van der Waals surface area contributed by atoms with Crippen molar-refractivity contribution in [2.45, 2.75) is 12.8 Å². The van der Waals surface area contributed by atoms with Gasteiger partial charge in [-0.3, -0.25) is 9.89 Å². The minimum absolute atomic E-state index is 0.771. The molecule has 0 spiro atoms. The Morgan fingerprint density at radius 3 is 2.86 bits per heavy atom. The molecule has 0 aromatic carbocycles. The summed E-state index contributed by atoms with van der Waals surface area (Å²) in [6.45, 7) is 8.50. The van der Waals surface area contributed by atoms with Gasteiger partial charge in [-0.15, -0.1) is 0 Å². The molecular formula is C15H30N4OS. The summed E-state index contributed by atoms with van der Waals surface area (Å²) in [4.78, 5) is 9.41. The second-order valence-corrected chi connectivity index (χ2v) is 6.82. The van der Waals surface area contributed by atoms with Crippen LogP contribution in [0.15, 0.2) is 4.99 Å². The molecule has 5 nitrogen and oxygen atoms in total. The van der Waals surface area contributed by atoms with E-state index >= 15 is 0 Å². The number of nitrogens with zero attached hydrogens (tertiary/aromatic N) is 3. The highest BCUT2D eigenvalue weighted by Gasteiger charge is 2.26. The van der Waals surface area contributed by atoms with Crippen LogP contribution in [0.25, 0.3) is 0 Å². The third kappa shape index (κ3) is 5.68. The number of morpholine rings is 1. The SMILES string of the molecule is CN=C(NCCCSC)N1CCC(CN2CCOCC2)C1. The van der Waals surface area contributed by atoms with Crippen LogP contribution in [-0.2, 0) is 4.74 Å². The second kappa shape index (κ2) is 9.54. The van der Waals surface area contributed by atoms with Crippen molar-refractivity contribution in [1.29, 1.82) is 0 Å². The Balaban J connectivity index is 1.69. The lowest BCUT2D eigenvalue weighted by molar-refractivity contribution is 0.0315. The standard InChI is InChI=1S/C15H30N4OS/c1-16-15(17-5-3-11-21-2)19-6-4-14(13-19)12-18-7-9-20-10-8-18/h14H,3-13H2,1-2H3,(H,16,17). The summed E-state index contributed by atoms with van der Waals surface area (Å²) in [5, 5.41) is 3.50. The fraction of sp³-hybridized carbons (Fsp3) is 0.933. The Bertz CT molecular complexity index is 321. The van der Waals surface area contributed by atoms with Crippen LogP contribution in [0, 0.1) is 5.92 Å². The average Bonchev–Trinajstić information content (AvgIpc) is 2.97. The van der Waals surface area contributed by atoms with Crippen LogP contribution < -0.4 is 5.32 Å². The lowest BCUT2D eigenvalue weighted by Gasteiger charge is -2.29. The number of thioether (sulfide) groups is 1. The van der Waals surface area contributed by atoms with Gasteiger partial charge in [-0.1, -0.05) is 0 Å². The van der Waals surface area contributed by atoms with Crippen LogP contribution in [0.5, 0.6) is 0 Å². The van der Waals surface area contributed by atoms with Crippen molar-refractivity contribution in [1.82, 2.24) is 15.1 Å². The van der Waals surface area contributed by atoms with Gasteiger partial charge in [0.05, 0.1) is 13.2 Å². The third-order valence-electron chi connectivity index (χ3n) is 4.23. The predicted molar refractivity (Wildman–Crippen MR) is 91.3 cm³/mol. The molecule has 2 rings (SSSR count). The van der Waals surface area contributed by atoms with Crippen molar-refractivity contribution in [3.05, 3.63) is 0 Å². The zero-order valence-electron chi connectivity index (χ0n) is 13.5. The number of guanidine groups is 1. The second-order valence-electron chi connectivity index (χ2n) is 5.83. The van der Waals surface area contributed by atoms with Gasteiger partial charge in [-0.2, -0.15) is 11.8 Å². The van der Waals surface area contributed by atoms with E-state index < -0.39 is 0 Å². The summed E-state index contributed by atoms with van der Waals surface area (Å²) < 4.78 is 5.42. The third-order valence-corrected chi connectivity index (χ3v) is 4.92. The molecular weight excluding hydrogens is 284 g/mol. The topological polar surface area (TPSA) is 40.1 Å². The van der Waals surface area contributed by atoms with Crippen LogP contribution in [0.2, 0.25) is 0 Å². The molecule has 1 N–H and O–H groups in total. The highest BCUT2D eigenvalue weighted by Crippen LogP contribution is 2.18. The Morgan fingerprint density at radius 1 is 1.33 bits per heavy atom. The number of ether oxygens (including phenoxy) is 1. The monoisotopic (exact) mass is 314 g/mol. The van der Waals surface area contributed by atoms with E-state index in [9.17, 15) is 0 Å². The minimum Gasteiger partial charge on any atom is -0.379 e. The van der Waals surface area contributed by atoms with Gasteiger partial charge in [0.25, 0.3) is 0 Å². The lowest BCUT2D eigenvalue weighted by atomic mass is 10.1. The van der Waals surface area contributed by atoms with Crippen molar-refractivity contribution >= 4 is 17.7 Å². The first-order valence-electron chi connectivity index (χ1n) is 8.08. The molecule has 0 radical (unpaired) electrons. The molecule has 2 aliphatic rings. The number of nitrogens with one attached hydrogen (secondary N) is 1. The fourth-order valence-electron chi connectivity index (χ4n) is 3.07. The Morgan fingerprint density at radius 2 is 2.14 bits per heavy atom. The van der Waals surface area contributed by atoms with Gasteiger partial charge in [0.2, 0.25) is 0 Å². The zero-order valence-corrected chi connectivity index (χ0v) is 14.3. The first-order valence-corrected chi connectivity index (χ1v) is 9.47. The number of likely N-dealkylation sites (tertiary alicyclic amines) is 1. The number of rotatable bonds is 6. The largest absolute Gasteiger partial charge is 0.379 e. The molecule has 2 heterocycles. The Kier molecular flexibility index (Phi) is 7.68. The molecule has 6 heteroatoms. The fourth-order valence-corrected chi connectivity index (χ4v) is 3.50. The van der Waals surface area contributed by atoms with Gasteiger partial charge in [-0.05, 0) is 30.8 Å². The Labute approximate surface area is 133 Å². The lowest BCUT2D eigenvalue weighted by Crippen LogP contribution is -2.42. The first kappa shape index (κ1) is 16.9. The number of hydrogen-bond donors (Lipinski definition) is 1. The molecule has 0 aromatic heterocycles. The van der Waals surface area contributed by atoms with Crippen molar-refractivity contribution in [3.8, 4) is 0 Å². The summed E-state index contributed by atoms with van der Waals surface area (Å²) in [6.07, 6.45) is 4.64. The van der Waals surface area contributed by atoms with Crippen molar-refractivity contribution in [2.24, 2.45) is 10.9 Å². The molecule has 2 saturated heterocycles. The van der Waals surface area contributed by atoms with E-state index in [1.54, 1.807) is 0 Å². The number of hydrogen-bond acceptors (Lipinski definition) is 4. The molecule has 2 aliphatic heterocycles. The summed E-state index contributed by atoms with van der Waals surface area (Å²) >= 11 is 1.90. The highest BCUT2D eigenvalue weighted by molar-refractivity contribution is 7.98. The average molecular weight is 314 g/mol. The molecule has 1 unspecified atom stereocenters. The van der Waals surface area contributed by atoms with E-state index in [0.29, 0.717) is 0 Å². The van der Waals surface area contributed by atoms with Gasteiger partial charge >= 0.3 is 0 Å². The van der Waals surface area contributed by atoms with E-state index in [0.717, 1.165) is 57.8 Å². The van der Waals surface area contributed by atoms with Gasteiger partial charge in [0.15, 0.2) is 5.96 Å². The number of aliphatic imine (C=N–C) groups is 1. The predicted octanol–water partition coefficient (Wildman–Crippen LogP) is 0.969. The van der Waals surface area contributed by atoms with E-state index in [-0.39, 0.29) is 0 Å². The quantitative estimate of drug-likeness (QED) is 0.449. The summed E-state index contributed by atoms with van der Waals surface area (Å²) in [7, 11) is 1.90. The highest BCUT2D eigenvalue weighted by atomic mass is 32.2. The maximum atomic E-state index is 5.42. The van der Waals surface area contributed by atoms with Gasteiger partial charge in [-0.25, -0.2) is 0 Å². The van der Waals surface area contributed by atoms with Crippen molar-refractivity contribution in [3.63, 3.8) is 0 Å². The molecule has 122 valence electrons. The molecule has 21 heavy (non-hydrogen) atoms. The van der Waals surface area contributed by atoms with Crippen LogP contribution in [0.3, 0.4) is 0 Å². The van der Waals surface area contributed by atoms with E-state index in [2.05, 4.69) is 26.4 Å². The maximum Gasteiger partial charge on any atom is 0.193 e. The normalized spacial score (nSPS) is 24.6. The van der Waals surface area contributed by atoms with Crippen LogP contribution in [0.4, 0.5) is 0 Å². The molecule has 2 fully saturated rings. The maximum absolute atomic E-state index is 5.42. The van der Waals surface area contributed by atoms with Crippen molar-refractivity contribution in [2.75, 3.05) is 71.5 Å². The van der Waals surface area contributed by atoms with Gasteiger partial charge in [0, 0.05) is 46.3 Å². The molecule has 0 saturated carbocycles. The molecule has 0 aromatic rings. The summed E-state index contributed by atoms with van der Waals surface area (Å²) in [6, 6.07) is 0. The van der Waals surface area contributed by atoms with Crippen LogP contribution >= 0.6 is 11.8 Å². The molecule has 0 amide bonds. The molecule has 1 atom stereocenters. The summed E-state index contributed by atoms with van der Waals surface area (Å²) in [5.41, 5.74) is 0. The van der Waals surface area contributed by atoms with Crippen molar-refractivity contribution < 1.29 is 4.74 Å². The van der Waals surface area contributed by atoms with E-state index in [1.165, 1.54) is 25.1 Å². The first-order chi connectivity index (χ1) is 10.3. The molecule has 0 aliphatic carbocycles. The molecule has 0 bridgehead atoms. The van der Waals surface area contributed by atoms with Crippen LogP contribution in [-0.4, -0.2) is 87.3 Å². The zero-order chi connectivity index (χ0) is 14.9. The van der Waals surface area contributed by atoms with E-state index in [4.69, 9.17) is 4.74 Å². The van der Waals surface area contributed by atoms with Gasteiger partial charge < -0.3 is 15.0 Å². The van der Waals surface area contributed by atoms with Gasteiger partial charge in [0.1, 0.15) is 0 Å². The summed E-state index contributed by atoms with van der Waals surface area (Å²) in [5.74, 6) is 3.07. The smallest absolute Gasteiger partial charge is 0.193 e. The Hall–Kier alpha value is -0.460. The minimum atomic E-state index is 0.771. The van der Waals surface area contributed by atoms with E-state index in [1.807, 2.05) is 18.8 Å². The van der Waals surface area contributed by atoms with Crippen LogP contribution in [0.1, 0.15) is 12.8 Å².